The van der Waals surface area contributed by atoms with Crippen LogP contribution in [0.2, 0.25) is 0 Å². The summed E-state index contributed by atoms with van der Waals surface area (Å²) in [6.45, 7) is 2.60. The van der Waals surface area contributed by atoms with E-state index in [0.717, 1.165) is 22.0 Å². The number of pyridine rings is 1. The van der Waals surface area contributed by atoms with E-state index >= 15 is 0 Å². The predicted molar refractivity (Wildman–Crippen MR) is 102 cm³/mol. The van der Waals surface area contributed by atoms with Crippen LogP contribution in [0, 0.1) is 6.92 Å². The molecule has 0 unspecified atom stereocenters. The molecule has 0 aliphatic heterocycles. The van der Waals surface area contributed by atoms with Gasteiger partial charge in [0.1, 0.15) is 6.61 Å². The van der Waals surface area contributed by atoms with E-state index in [1.165, 1.54) is 7.11 Å². The fraction of sp³-hybridized carbons (Fsp3) is 0.238. The van der Waals surface area contributed by atoms with Crippen LogP contribution in [0.3, 0.4) is 0 Å². The number of methoxy groups -OCH3 is 1. The largest absolute Gasteiger partial charge is 0.375 e. The molecule has 134 valence electrons. The van der Waals surface area contributed by atoms with Crippen molar-refractivity contribution < 1.29 is 9.53 Å². The predicted octanol–water partition coefficient (Wildman–Crippen LogP) is 3.01. The van der Waals surface area contributed by atoms with Crippen LogP contribution in [0.4, 0.5) is 0 Å². The molecule has 1 aromatic heterocycles. The second-order valence-electron chi connectivity index (χ2n) is 6.33. The minimum absolute atomic E-state index is 0.0164. The van der Waals surface area contributed by atoms with Crippen molar-refractivity contribution in [2.75, 3.05) is 13.7 Å². The summed E-state index contributed by atoms with van der Waals surface area (Å²) in [4.78, 5) is 29.6. The second kappa shape index (κ2) is 7.97. The first kappa shape index (κ1) is 17.9. The van der Waals surface area contributed by atoms with Gasteiger partial charge in [-0.1, -0.05) is 48.5 Å². The Morgan fingerprint density at radius 3 is 2.58 bits per heavy atom. The number of rotatable bonds is 6. The zero-order valence-corrected chi connectivity index (χ0v) is 15.0. The third-order valence-corrected chi connectivity index (χ3v) is 4.36. The van der Waals surface area contributed by atoms with Gasteiger partial charge in [-0.2, -0.15) is 0 Å². The number of hydrogen-bond acceptors (Lipinski definition) is 3. The van der Waals surface area contributed by atoms with Gasteiger partial charge in [0, 0.05) is 19.2 Å². The molecule has 3 rings (SSSR count). The van der Waals surface area contributed by atoms with Gasteiger partial charge in [-0.3, -0.25) is 9.59 Å². The third-order valence-electron chi connectivity index (χ3n) is 4.36. The number of hydrogen-bond donors (Lipinski definition) is 1. The van der Waals surface area contributed by atoms with Crippen LogP contribution in [0.1, 0.15) is 16.7 Å². The van der Waals surface area contributed by atoms with Crippen molar-refractivity contribution in [3.8, 4) is 0 Å². The molecule has 0 atom stereocenters. The second-order valence-corrected chi connectivity index (χ2v) is 6.33. The van der Waals surface area contributed by atoms with Gasteiger partial charge in [0.15, 0.2) is 0 Å². The molecule has 1 heterocycles. The molecule has 0 saturated carbocycles. The monoisotopic (exact) mass is 350 g/mol. The minimum atomic E-state index is -0.171. The fourth-order valence-corrected chi connectivity index (χ4v) is 3.00. The Hall–Kier alpha value is -2.92. The topological polar surface area (TPSA) is 62.4 Å². The number of aromatic nitrogens is 1. The molecule has 26 heavy (non-hydrogen) atoms. The van der Waals surface area contributed by atoms with Crippen LogP contribution in [0.15, 0.2) is 59.4 Å². The summed E-state index contributed by atoms with van der Waals surface area (Å²) in [6.07, 6.45) is 0. The molecule has 3 aromatic rings. The molecule has 0 spiro atoms. The van der Waals surface area contributed by atoms with Crippen LogP contribution in [0.5, 0.6) is 0 Å². The highest BCUT2D eigenvalue weighted by atomic mass is 16.5. The number of amides is 1. The minimum Gasteiger partial charge on any atom is -0.375 e. The fourth-order valence-electron chi connectivity index (χ4n) is 3.00. The van der Waals surface area contributed by atoms with Gasteiger partial charge in [0.25, 0.3) is 5.56 Å². The van der Waals surface area contributed by atoms with Gasteiger partial charge < -0.3 is 14.6 Å². The highest BCUT2D eigenvalue weighted by Crippen LogP contribution is 2.16. The lowest BCUT2D eigenvalue weighted by Crippen LogP contribution is -2.34. The normalized spacial score (nSPS) is 10.8. The van der Waals surface area contributed by atoms with Crippen molar-refractivity contribution in [3.05, 3.63) is 81.6 Å². The lowest BCUT2D eigenvalue weighted by molar-refractivity contribution is -0.136. The maximum Gasteiger partial charge on any atom is 0.253 e. The molecule has 0 aliphatic carbocycles. The third kappa shape index (κ3) is 4.00. The maximum atomic E-state index is 12.5. The lowest BCUT2D eigenvalue weighted by atomic mass is 10.1. The number of H-pyrrole nitrogens is 1. The van der Waals surface area contributed by atoms with Crippen molar-refractivity contribution in [2.45, 2.75) is 20.0 Å². The Balaban J connectivity index is 1.93. The molecule has 1 amide bonds. The molecule has 0 saturated heterocycles. The molecule has 0 aliphatic rings. The van der Waals surface area contributed by atoms with Crippen LogP contribution in [-0.2, 0) is 22.6 Å². The first-order valence-corrected chi connectivity index (χ1v) is 8.50. The number of para-hydroxylation sites is 1. The zero-order chi connectivity index (χ0) is 18.5. The number of ether oxygens (including phenoxy) is 1. The van der Waals surface area contributed by atoms with E-state index in [1.807, 2.05) is 61.5 Å². The Labute approximate surface area is 152 Å². The van der Waals surface area contributed by atoms with E-state index in [1.54, 1.807) is 4.90 Å². The van der Waals surface area contributed by atoms with Gasteiger partial charge in [-0.05, 0) is 29.5 Å². The Morgan fingerprint density at radius 2 is 1.85 bits per heavy atom. The maximum absolute atomic E-state index is 12.5. The van der Waals surface area contributed by atoms with Crippen LogP contribution < -0.4 is 5.56 Å². The van der Waals surface area contributed by atoms with Gasteiger partial charge in [0.05, 0.1) is 12.1 Å². The highest BCUT2D eigenvalue weighted by molar-refractivity contribution is 5.82. The number of fused-ring (bicyclic) bond motifs is 1. The van der Waals surface area contributed by atoms with E-state index < -0.39 is 0 Å². The molecule has 5 nitrogen and oxygen atoms in total. The van der Waals surface area contributed by atoms with Gasteiger partial charge in [0.2, 0.25) is 5.91 Å². The summed E-state index contributed by atoms with van der Waals surface area (Å²) in [7, 11) is 1.49. The molecule has 2 aromatic carbocycles. The van der Waals surface area contributed by atoms with Crippen molar-refractivity contribution >= 4 is 16.8 Å². The SMILES string of the molecule is COCC(=O)N(Cc1ccccc1)Cc1cc2cccc(C)c2[nH]c1=O. The van der Waals surface area contributed by atoms with Gasteiger partial charge in [-0.15, -0.1) is 0 Å². The van der Waals surface area contributed by atoms with Crippen LogP contribution in [-0.4, -0.2) is 29.5 Å². The van der Waals surface area contributed by atoms with Crippen molar-refractivity contribution in [2.24, 2.45) is 0 Å². The highest BCUT2D eigenvalue weighted by Gasteiger charge is 2.16. The number of carbonyl (C=O) groups excluding carboxylic acids is 1. The summed E-state index contributed by atoms with van der Waals surface area (Å²) in [6, 6.07) is 17.4. The zero-order valence-electron chi connectivity index (χ0n) is 15.0. The molecule has 1 N–H and O–H groups in total. The number of carbonyl (C=O) groups is 1. The molecule has 0 radical (unpaired) electrons. The molecular weight excluding hydrogens is 328 g/mol. The summed E-state index contributed by atoms with van der Waals surface area (Å²) in [5.41, 5.74) is 3.24. The Kier molecular flexibility index (Phi) is 5.49. The number of aryl methyl sites for hydroxylation is 1. The average Bonchev–Trinajstić information content (AvgIpc) is 2.63. The van der Waals surface area contributed by atoms with Crippen molar-refractivity contribution in [3.63, 3.8) is 0 Å². The van der Waals surface area contributed by atoms with Gasteiger partial charge in [-0.25, -0.2) is 0 Å². The number of benzene rings is 2. The van der Waals surface area contributed by atoms with E-state index in [4.69, 9.17) is 4.74 Å². The van der Waals surface area contributed by atoms with E-state index in [2.05, 4.69) is 4.98 Å². The average molecular weight is 350 g/mol. The lowest BCUT2D eigenvalue weighted by Gasteiger charge is -2.22. The van der Waals surface area contributed by atoms with E-state index in [-0.39, 0.29) is 24.6 Å². The Bertz CT molecular complexity index is 964. The number of aromatic amines is 1. The first-order chi connectivity index (χ1) is 12.6. The summed E-state index contributed by atoms with van der Waals surface area (Å²) < 4.78 is 5.00. The van der Waals surface area contributed by atoms with Crippen LogP contribution in [0.25, 0.3) is 10.9 Å². The first-order valence-electron chi connectivity index (χ1n) is 8.50. The summed E-state index contributed by atoms with van der Waals surface area (Å²) in [5, 5.41) is 0.957. The Morgan fingerprint density at radius 1 is 1.08 bits per heavy atom. The number of nitrogens with one attached hydrogen (secondary N) is 1. The van der Waals surface area contributed by atoms with Gasteiger partial charge >= 0.3 is 0 Å². The molecule has 0 bridgehead atoms. The number of nitrogens with zero attached hydrogens (tertiary/aromatic N) is 1. The summed E-state index contributed by atoms with van der Waals surface area (Å²) >= 11 is 0. The van der Waals surface area contributed by atoms with Crippen molar-refractivity contribution in [1.82, 2.24) is 9.88 Å². The molecule has 5 heteroatoms. The quantitative estimate of drug-likeness (QED) is 0.743. The molecule has 0 fully saturated rings. The molecular formula is C21H22N2O3. The summed E-state index contributed by atoms with van der Waals surface area (Å²) in [5.74, 6) is -0.153. The standard InChI is InChI=1S/C21H22N2O3/c1-15-7-6-10-17-11-18(21(25)22-20(15)17)13-23(19(24)14-26-2)12-16-8-4-3-5-9-16/h3-11H,12-14H2,1-2H3,(H,22,25). The van der Waals surface area contributed by atoms with E-state index in [9.17, 15) is 9.59 Å². The van der Waals surface area contributed by atoms with Crippen molar-refractivity contribution in [1.29, 1.82) is 0 Å². The van der Waals surface area contributed by atoms with Crippen LogP contribution >= 0.6 is 0 Å². The van der Waals surface area contributed by atoms with E-state index in [0.29, 0.717) is 12.1 Å². The smallest absolute Gasteiger partial charge is 0.253 e.